The fourth-order valence-corrected chi connectivity index (χ4v) is 2.71. The highest BCUT2D eigenvalue weighted by Crippen LogP contribution is 2.33. The third-order valence-electron chi connectivity index (χ3n) is 3.95. The van der Waals surface area contributed by atoms with Crippen molar-refractivity contribution < 1.29 is 4.74 Å². The molecule has 17 heavy (non-hydrogen) atoms. The summed E-state index contributed by atoms with van der Waals surface area (Å²) in [5, 5.41) is 3.65. The Morgan fingerprint density at radius 3 is 2.82 bits per heavy atom. The Bertz CT molecular complexity index is 373. The fraction of sp³-hybridized carbons (Fsp3) is 0.600. The van der Waals surface area contributed by atoms with Crippen molar-refractivity contribution >= 4 is 0 Å². The van der Waals surface area contributed by atoms with E-state index in [2.05, 4.69) is 31.3 Å². The molecule has 0 spiro atoms. The third kappa shape index (κ3) is 2.81. The third-order valence-corrected chi connectivity index (χ3v) is 3.95. The van der Waals surface area contributed by atoms with Crippen molar-refractivity contribution in [2.75, 3.05) is 13.7 Å². The van der Waals surface area contributed by atoms with Crippen LogP contribution in [0.3, 0.4) is 0 Å². The minimum Gasteiger partial charge on any atom is -0.496 e. The Morgan fingerprint density at radius 1 is 1.35 bits per heavy atom. The van der Waals surface area contributed by atoms with E-state index < -0.39 is 0 Å². The van der Waals surface area contributed by atoms with Crippen molar-refractivity contribution in [3.63, 3.8) is 0 Å². The molecule has 2 rings (SSSR count). The van der Waals surface area contributed by atoms with Gasteiger partial charge in [0.15, 0.2) is 0 Å². The van der Waals surface area contributed by atoms with Gasteiger partial charge in [-0.3, -0.25) is 0 Å². The standard InChI is InChI=1S/C15H23NO/c1-15(2)9-6-10-16-14(15)11-12-7-4-5-8-13(12)17-3/h4-5,7-8,14,16H,6,9-11H2,1-3H3. The van der Waals surface area contributed by atoms with E-state index in [0.29, 0.717) is 11.5 Å². The Hall–Kier alpha value is -1.02. The molecule has 0 radical (unpaired) electrons. The summed E-state index contributed by atoms with van der Waals surface area (Å²) in [6, 6.07) is 8.89. The molecule has 0 saturated carbocycles. The Kier molecular flexibility index (Phi) is 3.72. The predicted octanol–water partition coefficient (Wildman–Crippen LogP) is 3.02. The van der Waals surface area contributed by atoms with Crippen molar-refractivity contribution in [3.8, 4) is 5.75 Å². The number of hydrogen-bond acceptors (Lipinski definition) is 2. The monoisotopic (exact) mass is 233 g/mol. The van der Waals surface area contributed by atoms with Gasteiger partial charge in [-0.1, -0.05) is 32.0 Å². The van der Waals surface area contributed by atoms with E-state index in [-0.39, 0.29) is 0 Å². The van der Waals surface area contributed by atoms with Gasteiger partial charge in [-0.15, -0.1) is 0 Å². The molecular formula is C15H23NO. The fourth-order valence-electron chi connectivity index (χ4n) is 2.71. The van der Waals surface area contributed by atoms with Gasteiger partial charge in [0, 0.05) is 6.04 Å². The molecule has 0 aliphatic carbocycles. The van der Waals surface area contributed by atoms with E-state index in [1.807, 2.05) is 12.1 Å². The van der Waals surface area contributed by atoms with E-state index in [4.69, 9.17) is 4.74 Å². The summed E-state index contributed by atoms with van der Waals surface area (Å²) in [7, 11) is 1.75. The molecule has 1 N–H and O–H groups in total. The van der Waals surface area contributed by atoms with E-state index in [1.54, 1.807) is 7.11 Å². The van der Waals surface area contributed by atoms with Crippen molar-refractivity contribution in [2.24, 2.45) is 5.41 Å². The van der Waals surface area contributed by atoms with Crippen LogP contribution in [0, 0.1) is 5.41 Å². The van der Waals surface area contributed by atoms with Gasteiger partial charge in [0.25, 0.3) is 0 Å². The van der Waals surface area contributed by atoms with Gasteiger partial charge in [-0.05, 0) is 42.9 Å². The lowest BCUT2D eigenvalue weighted by atomic mass is 9.75. The summed E-state index contributed by atoms with van der Waals surface area (Å²) < 4.78 is 5.43. The molecule has 2 heteroatoms. The highest BCUT2D eigenvalue weighted by Gasteiger charge is 2.32. The number of rotatable bonds is 3. The number of piperidine rings is 1. The van der Waals surface area contributed by atoms with Crippen LogP contribution < -0.4 is 10.1 Å². The number of ether oxygens (including phenoxy) is 1. The number of methoxy groups -OCH3 is 1. The van der Waals surface area contributed by atoms with E-state index >= 15 is 0 Å². The van der Waals surface area contributed by atoms with Crippen LogP contribution in [-0.2, 0) is 6.42 Å². The van der Waals surface area contributed by atoms with Gasteiger partial charge in [0.1, 0.15) is 5.75 Å². The maximum absolute atomic E-state index is 5.43. The zero-order chi connectivity index (χ0) is 12.3. The molecular weight excluding hydrogens is 210 g/mol. The largest absolute Gasteiger partial charge is 0.496 e. The van der Waals surface area contributed by atoms with Gasteiger partial charge in [-0.25, -0.2) is 0 Å². The van der Waals surface area contributed by atoms with Crippen molar-refractivity contribution in [2.45, 2.75) is 39.2 Å². The van der Waals surface area contributed by atoms with Gasteiger partial charge >= 0.3 is 0 Å². The molecule has 94 valence electrons. The second kappa shape index (κ2) is 5.09. The van der Waals surface area contributed by atoms with Crippen LogP contribution in [0.4, 0.5) is 0 Å². The summed E-state index contributed by atoms with van der Waals surface area (Å²) in [4.78, 5) is 0. The highest BCUT2D eigenvalue weighted by atomic mass is 16.5. The molecule has 1 aromatic rings. The van der Waals surface area contributed by atoms with Crippen LogP contribution in [0.5, 0.6) is 5.75 Å². The zero-order valence-electron chi connectivity index (χ0n) is 11.1. The van der Waals surface area contributed by atoms with Crippen LogP contribution in [-0.4, -0.2) is 19.7 Å². The second-order valence-corrected chi connectivity index (χ2v) is 5.61. The molecule has 1 atom stereocenters. The molecule has 1 fully saturated rings. The number of nitrogens with one attached hydrogen (secondary N) is 1. The molecule has 0 amide bonds. The molecule has 1 aromatic carbocycles. The highest BCUT2D eigenvalue weighted by molar-refractivity contribution is 5.34. The Morgan fingerprint density at radius 2 is 2.12 bits per heavy atom. The van der Waals surface area contributed by atoms with Gasteiger partial charge < -0.3 is 10.1 Å². The molecule has 0 bridgehead atoms. The lowest BCUT2D eigenvalue weighted by molar-refractivity contribution is 0.178. The molecule has 0 aromatic heterocycles. The lowest BCUT2D eigenvalue weighted by Crippen LogP contribution is -2.48. The van der Waals surface area contributed by atoms with Crippen LogP contribution in [0.1, 0.15) is 32.3 Å². The Balaban J connectivity index is 2.14. The van der Waals surface area contributed by atoms with Crippen molar-refractivity contribution in [1.82, 2.24) is 5.32 Å². The zero-order valence-corrected chi connectivity index (χ0v) is 11.1. The molecule has 1 unspecified atom stereocenters. The molecule has 1 aliphatic rings. The summed E-state index contributed by atoms with van der Waals surface area (Å²) in [5.74, 6) is 1.01. The average Bonchev–Trinajstić information content (AvgIpc) is 2.32. The van der Waals surface area contributed by atoms with Crippen LogP contribution in [0.25, 0.3) is 0 Å². The molecule has 1 heterocycles. The van der Waals surface area contributed by atoms with Crippen LogP contribution in [0.2, 0.25) is 0 Å². The van der Waals surface area contributed by atoms with Crippen molar-refractivity contribution in [1.29, 1.82) is 0 Å². The molecule has 2 nitrogen and oxygen atoms in total. The number of benzene rings is 1. The normalized spacial score (nSPS) is 23.4. The number of hydrogen-bond donors (Lipinski definition) is 1. The number of para-hydroxylation sites is 1. The summed E-state index contributed by atoms with van der Waals surface area (Å²) in [5.41, 5.74) is 1.68. The quantitative estimate of drug-likeness (QED) is 0.866. The smallest absolute Gasteiger partial charge is 0.122 e. The first kappa shape index (κ1) is 12.4. The topological polar surface area (TPSA) is 21.3 Å². The Labute approximate surface area is 104 Å². The van der Waals surface area contributed by atoms with Gasteiger partial charge in [0.2, 0.25) is 0 Å². The predicted molar refractivity (Wildman–Crippen MR) is 71.5 cm³/mol. The van der Waals surface area contributed by atoms with E-state index in [9.17, 15) is 0 Å². The first-order chi connectivity index (χ1) is 8.13. The van der Waals surface area contributed by atoms with E-state index in [0.717, 1.165) is 18.7 Å². The van der Waals surface area contributed by atoms with E-state index in [1.165, 1.54) is 18.4 Å². The minimum atomic E-state index is 0.374. The van der Waals surface area contributed by atoms with Crippen LogP contribution in [0.15, 0.2) is 24.3 Å². The average molecular weight is 233 g/mol. The first-order valence-corrected chi connectivity index (χ1v) is 6.49. The van der Waals surface area contributed by atoms with Gasteiger partial charge in [0.05, 0.1) is 7.11 Å². The van der Waals surface area contributed by atoms with Gasteiger partial charge in [-0.2, -0.15) is 0 Å². The lowest BCUT2D eigenvalue weighted by Gasteiger charge is -2.39. The second-order valence-electron chi connectivity index (χ2n) is 5.61. The summed E-state index contributed by atoms with van der Waals surface area (Å²) in [6.45, 7) is 5.86. The van der Waals surface area contributed by atoms with Crippen LogP contribution >= 0.6 is 0 Å². The summed E-state index contributed by atoms with van der Waals surface area (Å²) >= 11 is 0. The minimum absolute atomic E-state index is 0.374. The maximum Gasteiger partial charge on any atom is 0.122 e. The maximum atomic E-state index is 5.43. The SMILES string of the molecule is COc1ccccc1CC1NCCCC1(C)C. The summed E-state index contributed by atoms with van der Waals surface area (Å²) in [6.07, 6.45) is 3.65. The first-order valence-electron chi connectivity index (χ1n) is 6.49. The van der Waals surface area contributed by atoms with Crippen molar-refractivity contribution in [3.05, 3.63) is 29.8 Å². The molecule has 1 aliphatic heterocycles. The molecule has 1 saturated heterocycles.